The summed E-state index contributed by atoms with van der Waals surface area (Å²) in [7, 11) is 1.77. The van der Waals surface area contributed by atoms with Crippen molar-refractivity contribution in [3.05, 3.63) is 46.5 Å². The summed E-state index contributed by atoms with van der Waals surface area (Å²) in [6, 6.07) is 5.62. The Hall–Kier alpha value is -1.31. The lowest BCUT2D eigenvalue weighted by Crippen LogP contribution is -2.19. The van der Waals surface area contributed by atoms with E-state index in [1.165, 1.54) is 23.5 Å². The van der Waals surface area contributed by atoms with E-state index in [2.05, 4.69) is 4.98 Å². The van der Waals surface area contributed by atoms with Crippen molar-refractivity contribution in [1.29, 1.82) is 0 Å². The molecule has 1 aromatic heterocycles. The molecule has 0 spiro atoms. The van der Waals surface area contributed by atoms with E-state index < -0.39 is 11.7 Å². The normalized spacial score (nSPS) is 11.5. The van der Waals surface area contributed by atoms with E-state index >= 15 is 0 Å². The van der Waals surface area contributed by atoms with Crippen LogP contribution in [0.5, 0.6) is 0 Å². The molecule has 1 heterocycles. The molecule has 2 aromatic rings. The number of hydrogen-bond donors (Lipinski definition) is 1. The fourth-order valence-corrected chi connectivity index (χ4v) is 2.71. The van der Waals surface area contributed by atoms with Crippen LogP contribution in [0.4, 0.5) is 18.3 Å². The highest BCUT2D eigenvalue weighted by molar-refractivity contribution is 7.15. The van der Waals surface area contributed by atoms with E-state index in [0.29, 0.717) is 11.7 Å². The molecule has 0 saturated carbocycles. The Morgan fingerprint density at radius 1 is 1.24 bits per heavy atom. The van der Waals surface area contributed by atoms with Gasteiger partial charge in [0.05, 0.1) is 5.56 Å². The largest absolute Gasteiger partial charge is 0.416 e. The second kappa shape index (κ2) is 7.11. The van der Waals surface area contributed by atoms with Crippen molar-refractivity contribution in [2.24, 2.45) is 0 Å². The minimum absolute atomic E-state index is 0. The first-order chi connectivity index (χ1) is 9.36. The predicted molar refractivity (Wildman–Crippen MR) is 80.4 cm³/mol. The Morgan fingerprint density at radius 3 is 2.48 bits per heavy atom. The Labute approximate surface area is 131 Å². The summed E-state index contributed by atoms with van der Waals surface area (Å²) in [6.45, 7) is 0.731. The van der Waals surface area contributed by atoms with Gasteiger partial charge < -0.3 is 5.73 Å². The third kappa shape index (κ3) is 4.87. The lowest BCUT2D eigenvalue weighted by molar-refractivity contribution is -0.138. The van der Waals surface area contributed by atoms with Gasteiger partial charge >= 0.3 is 6.18 Å². The summed E-state index contributed by atoms with van der Waals surface area (Å²) in [4.78, 5) is 6.65. The third-order valence-corrected chi connectivity index (χ3v) is 3.57. The number of alkyl halides is 3. The summed E-state index contributed by atoms with van der Waals surface area (Å²) >= 11 is 1.34. The minimum Gasteiger partial charge on any atom is -0.375 e. The molecule has 1 aromatic carbocycles. The first-order valence-corrected chi connectivity index (χ1v) is 6.71. The topological polar surface area (TPSA) is 42.2 Å². The van der Waals surface area contributed by atoms with Crippen molar-refractivity contribution in [2.75, 3.05) is 12.8 Å². The molecule has 2 rings (SSSR count). The van der Waals surface area contributed by atoms with Gasteiger partial charge in [0.2, 0.25) is 0 Å². The first-order valence-electron chi connectivity index (χ1n) is 5.90. The third-order valence-electron chi connectivity index (χ3n) is 2.76. The van der Waals surface area contributed by atoms with Gasteiger partial charge in [-0.15, -0.1) is 23.7 Å². The molecule has 0 fully saturated rings. The van der Waals surface area contributed by atoms with Gasteiger partial charge in [0, 0.05) is 24.2 Å². The number of nitrogens with two attached hydrogens (primary N) is 1. The van der Waals surface area contributed by atoms with E-state index in [0.717, 1.165) is 10.9 Å². The molecular formula is C13H15ClF3N3S. The average molecular weight is 338 g/mol. The molecule has 0 radical (unpaired) electrons. The van der Waals surface area contributed by atoms with E-state index in [1.54, 1.807) is 24.2 Å². The number of thiazole rings is 1. The Kier molecular flexibility index (Phi) is 6.00. The van der Waals surface area contributed by atoms with E-state index in [-0.39, 0.29) is 24.5 Å². The van der Waals surface area contributed by atoms with Gasteiger partial charge in [-0.05, 0) is 18.7 Å². The Bertz CT molecular complexity index is 586. The molecule has 21 heavy (non-hydrogen) atoms. The standard InChI is InChI=1S/C13H14F3N3S.ClH/c1-19(8-10-6-18-12(17)20-10)7-9-4-2-3-5-11(9)13(14,15)16;/h2-6H,7-8H2,1H3,(H2,17,18);1H. The van der Waals surface area contributed by atoms with Crippen LogP contribution in [0.3, 0.4) is 0 Å². The monoisotopic (exact) mass is 337 g/mol. The maximum atomic E-state index is 12.9. The van der Waals surface area contributed by atoms with Crippen LogP contribution in [0.1, 0.15) is 16.0 Å². The van der Waals surface area contributed by atoms with Gasteiger partial charge in [-0.3, -0.25) is 4.90 Å². The molecule has 116 valence electrons. The first kappa shape index (κ1) is 17.7. The van der Waals surface area contributed by atoms with Gasteiger partial charge in [0.25, 0.3) is 0 Å². The van der Waals surface area contributed by atoms with Crippen LogP contribution in [-0.2, 0) is 19.3 Å². The molecule has 0 aliphatic heterocycles. The Balaban J connectivity index is 0.00000220. The summed E-state index contributed by atoms with van der Waals surface area (Å²) in [5.41, 5.74) is 5.20. The predicted octanol–water partition coefficient (Wildman–Crippen LogP) is 3.80. The quantitative estimate of drug-likeness (QED) is 0.922. The molecule has 0 unspecified atom stereocenters. The molecule has 0 bridgehead atoms. The van der Waals surface area contributed by atoms with Crippen molar-refractivity contribution in [2.45, 2.75) is 19.3 Å². The highest BCUT2D eigenvalue weighted by Crippen LogP contribution is 2.32. The van der Waals surface area contributed by atoms with E-state index in [1.807, 2.05) is 0 Å². The zero-order valence-electron chi connectivity index (χ0n) is 11.2. The van der Waals surface area contributed by atoms with Crippen LogP contribution in [0.2, 0.25) is 0 Å². The SMILES string of the molecule is CN(Cc1cnc(N)s1)Cc1ccccc1C(F)(F)F.Cl. The lowest BCUT2D eigenvalue weighted by Gasteiger charge is -2.19. The summed E-state index contributed by atoms with van der Waals surface area (Å²) in [5, 5.41) is 0.462. The molecule has 0 atom stereocenters. The van der Waals surface area contributed by atoms with Crippen LogP contribution in [0, 0.1) is 0 Å². The van der Waals surface area contributed by atoms with Crippen LogP contribution < -0.4 is 5.73 Å². The number of nitrogen functional groups attached to an aromatic ring is 1. The van der Waals surface area contributed by atoms with E-state index in [9.17, 15) is 13.2 Å². The fraction of sp³-hybridized carbons (Fsp3) is 0.308. The van der Waals surface area contributed by atoms with Crippen molar-refractivity contribution < 1.29 is 13.2 Å². The van der Waals surface area contributed by atoms with Gasteiger partial charge in [-0.25, -0.2) is 4.98 Å². The van der Waals surface area contributed by atoms with Crippen molar-refractivity contribution in [3.63, 3.8) is 0 Å². The second-order valence-corrected chi connectivity index (χ2v) is 5.64. The number of nitrogens with zero attached hydrogens (tertiary/aromatic N) is 2. The molecule has 8 heteroatoms. The number of hydrogen-bond acceptors (Lipinski definition) is 4. The highest BCUT2D eigenvalue weighted by atomic mass is 35.5. The van der Waals surface area contributed by atoms with Crippen molar-refractivity contribution >= 4 is 28.9 Å². The van der Waals surface area contributed by atoms with Crippen LogP contribution >= 0.6 is 23.7 Å². The molecule has 0 aliphatic carbocycles. The smallest absolute Gasteiger partial charge is 0.375 e. The molecule has 0 saturated heterocycles. The van der Waals surface area contributed by atoms with Crippen molar-refractivity contribution in [3.8, 4) is 0 Å². The molecule has 3 nitrogen and oxygen atoms in total. The lowest BCUT2D eigenvalue weighted by atomic mass is 10.1. The van der Waals surface area contributed by atoms with Gasteiger partial charge in [0.1, 0.15) is 0 Å². The summed E-state index contributed by atoms with van der Waals surface area (Å²) in [6.07, 6.45) is -2.68. The average Bonchev–Trinajstić information content (AvgIpc) is 2.73. The molecular weight excluding hydrogens is 323 g/mol. The van der Waals surface area contributed by atoms with Gasteiger partial charge in [0.15, 0.2) is 5.13 Å². The highest BCUT2D eigenvalue weighted by Gasteiger charge is 2.32. The number of benzene rings is 1. The van der Waals surface area contributed by atoms with Crippen LogP contribution in [0.25, 0.3) is 0 Å². The maximum absolute atomic E-state index is 12.9. The second-order valence-electron chi connectivity index (χ2n) is 4.49. The minimum atomic E-state index is -4.33. The number of rotatable bonds is 4. The zero-order valence-corrected chi connectivity index (χ0v) is 12.9. The fourth-order valence-electron chi connectivity index (χ4n) is 1.94. The molecule has 0 aliphatic rings. The zero-order chi connectivity index (χ0) is 14.8. The maximum Gasteiger partial charge on any atom is 0.416 e. The summed E-state index contributed by atoms with van der Waals surface area (Å²) < 4.78 is 38.7. The van der Waals surface area contributed by atoms with Gasteiger partial charge in [-0.1, -0.05) is 18.2 Å². The molecule has 0 amide bonds. The molecule has 2 N–H and O–H groups in total. The number of aromatic nitrogens is 1. The van der Waals surface area contributed by atoms with E-state index in [4.69, 9.17) is 5.73 Å². The Morgan fingerprint density at radius 2 is 1.90 bits per heavy atom. The van der Waals surface area contributed by atoms with Crippen molar-refractivity contribution in [1.82, 2.24) is 9.88 Å². The van der Waals surface area contributed by atoms with Crippen LogP contribution in [-0.4, -0.2) is 16.9 Å². The van der Waals surface area contributed by atoms with Gasteiger partial charge in [-0.2, -0.15) is 13.2 Å². The summed E-state index contributed by atoms with van der Waals surface area (Å²) in [5.74, 6) is 0. The number of anilines is 1. The number of halogens is 4. The van der Waals surface area contributed by atoms with Crippen LogP contribution in [0.15, 0.2) is 30.5 Å².